The fraction of sp³-hybridized carbons (Fsp3) is 0.500. The van der Waals surface area contributed by atoms with Crippen LogP contribution in [0.15, 0.2) is 42.5 Å². The van der Waals surface area contributed by atoms with Gasteiger partial charge < -0.3 is 15.0 Å². The number of methoxy groups -OCH3 is 1. The summed E-state index contributed by atoms with van der Waals surface area (Å²) in [7, 11) is -1.96. The molecular weight excluding hydrogens is 490 g/mol. The Morgan fingerprint density at radius 3 is 2.08 bits per heavy atom. The van der Waals surface area contributed by atoms with Crippen molar-refractivity contribution in [1.82, 2.24) is 10.2 Å². The molecule has 2 aromatic rings. The summed E-state index contributed by atoms with van der Waals surface area (Å²) in [5.41, 5.74) is 2.92. The number of amides is 2. The first-order chi connectivity index (χ1) is 17.1. The summed E-state index contributed by atoms with van der Waals surface area (Å²) in [5.74, 6) is 0.232. The Morgan fingerprint density at radius 2 is 1.59 bits per heavy atom. The largest absolute Gasteiger partial charge is 0.497 e. The van der Waals surface area contributed by atoms with Gasteiger partial charge in [0.25, 0.3) is 0 Å². The van der Waals surface area contributed by atoms with Crippen LogP contribution in [-0.2, 0) is 26.2 Å². The van der Waals surface area contributed by atoms with E-state index in [1.807, 2.05) is 77.1 Å². The fourth-order valence-electron chi connectivity index (χ4n) is 4.08. The van der Waals surface area contributed by atoms with E-state index in [2.05, 4.69) is 5.32 Å². The lowest BCUT2D eigenvalue weighted by atomic mass is 10.1. The van der Waals surface area contributed by atoms with E-state index in [-0.39, 0.29) is 31.3 Å². The van der Waals surface area contributed by atoms with Crippen LogP contribution < -0.4 is 14.4 Å². The molecule has 0 aromatic heterocycles. The Bertz CT molecular complexity index is 1170. The van der Waals surface area contributed by atoms with Crippen molar-refractivity contribution >= 4 is 27.5 Å². The van der Waals surface area contributed by atoms with E-state index in [9.17, 15) is 18.0 Å². The standard InChI is InChI=1S/C28H41N3O5S/c1-20-16-21(2)18-24(17-20)31(37(8,34)35)15-9-10-26(32)30(22(3)27(33)29-28(4,5)6)19-23-11-13-25(36-7)14-12-23/h11-14,16-18,22H,9-10,15,19H2,1-8H3,(H,29,33)/t22-/m0/s1. The van der Waals surface area contributed by atoms with Crippen LogP contribution in [0.3, 0.4) is 0 Å². The van der Waals surface area contributed by atoms with Gasteiger partial charge >= 0.3 is 0 Å². The number of carbonyl (C=O) groups excluding carboxylic acids is 2. The summed E-state index contributed by atoms with van der Waals surface area (Å²) in [6.45, 7) is 11.6. The quantitative estimate of drug-likeness (QED) is 0.469. The molecule has 204 valence electrons. The molecule has 0 bridgehead atoms. The predicted octanol–water partition coefficient (Wildman–Crippen LogP) is 4.19. The number of nitrogens with one attached hydrogen (secondary N) is 1. The van der Waals surface area contributed by atoms with Crippen molar-refractivity contribution in [3.05, 3.63) is 59.2 Å². The van der Waals surface area contributed by atoms with E-state index in [0.717, 1.165) is 16.7 Å². The molecule has 0 aliphatic heterocycles. The third-order valence-electron chi connectivity index (χ3n) is 5.82. The Kier molecular flexibility index (Phi) is 10.1. The molecular formula is C28H41N3O5S. The van der Waals surface area contributed by atoms with Gasteiger partial charge in [-0.05, 0) is 88.9 Å². The summed E-state index contributed by atoms with van der Waals surface area (Å²) in [5, 5.41) is 2.94. The van der Waals surface area contributed by atoms with E-state index in [4.69, 9.17) is 4.74 Å². The number of benzene rings is 2. The Morgan fingerprint density at radius 1 is 1.03 bits per heavy atom. The molecule has 9 heteroatoms. The highest BCUT2D eigenvalue weighted by Gasteiger charge is 2.28. The third-order valence-corrected chi connectivity index (χ3v) is 7.02. The van der Waals surface area contributed by atoms with Gasteiger partial charge in [-0.3, -0.25) is 13.9 Å². The molecule has 2 amide bonds. The minimum absolute atomic E-state index is 0.0973. The number of hydrogen-bond donors (Lipinski definition) is 1. The van der Waals surface area contributed by atoms with Crippen LogP contribution in [0.1, 0.15) is 57.2 Å². The summed E-state index contributed by atoms with van der Waals surface area (Å²) in [6.07, 6.45) is 1.58. The Hall–Kier alpha value is -3.07. The minimum Gasteiger partial charge on any atom is -0.497 e. The molecule has 0 spiro atoms. The van der Waals surface area contributed by atoms with Gasteiger partial charge in [-0.1, -0.05) is 18.2 Å². The average Bonchev–Trinajstić information content (AvgIpc) is 2.77. The molecule has 0 aliphatic carbocycles. The normalized spacial score (nSPS) is 12.5. The van der Waals surface area contributed by atoms with Gasteiger partial charge in [0, 0.05) is 25.0 Å². The Labute approximate surface area is 222 Å². The molecule has 2 rings (SSSR count). The highest BCUT2D eigenvalue weighted by Crippen LogP contribution is 2.22. The van der Waals surface area contributed by atoms with Crippen molar-refractivity contribution in [2.45, 2.75) is 72.5 Å². The zero-order valence-electron chi connectivity index (χ0n) is 23.3. The van der Waals surface area contributed by atoms with Crippen molar-refractivity contribution in [2.24, 2.45) is 0 Å². The highest BCUT2D eigenvalue weighted by atomic mass is 32.2. The molecule has 0 aliphatic rings. The second-order valence-electron chi connectivity index (χ2n) is 10.6. The molecule has 0 saturated heterocycles. The first-order valence-electron chi connectivity index (χ1n) is 12.4. The van der Waals surface area contributed by atoms with Crippen LogP contribution in [0, 0.1) is 13.8 Å². The van der Waals surface area contributed by atoms with Gasteiger partial charge in [-0.15, -0.1) is 0 Å². The Balaban J connectivity index is 2.22. The average molecular weight is 532 g/mol. The van der Waals surface area contributed by atoms with Crippen LogP contribution in [0.5, 0.6) is 5.75 Å². The molecule has 0 fully saturated rings. The van der Waals surface area contributed by atoms with Gasteiger partial charge in [-0.25, -0.2) is 8.42 Å². The van der Waals surface area contributed by atoms with Crippen LogP contribution in [0.2, 0.25) is 0 Å². The number of hydrogen-bond acceptors (Lipinski definition) is 5. The zero-order valence-corrected chi connectivity index (χ0v) is 24.1. The SMILES string of the molecule is COc1ccc(CN(C(=O)CCCN(c2cc(C)cc(C)c2)S(C)(=O)=O)[C@@H](C)C(=O)NC(C)(C)C)cc1. The van der Waals surface area contributed by atoms with E-state index in [1.165, 1.54) is 10.6 Å². The maximum absolute atomic E-state index is 13.4. The molecule has 2 aromatic carbocycles. The molecule has 0 unspecified atom stereocenters. The number of carbonyl (C=O) groups is 2. The summed E-state index contributed by atoms with van der Waals surface area (Å²) in [6, 6.07) is 12.3. The van der Waals surface area contributed by atoms with Crippen LogP contribution in [0.4, 0.5) is 5.69 Å². The van der Waals surface area contributed by atoms with Crippen LogP contribution in [-0.4, -0.2) is 56.6 Å². The third kappa shape index (κ3) is 9.39. The topological polar surface area (TPSA) is 96.0 Å². The molecule has 0 heterocycles. The van der Waals surface area contributed by atoms with Gasteiger partial charge in [-0.2, -0.15) is 0 Å². The van der Waals surface area contributed by atoms with Gasteiger partial charge in [0.2, 0.25) is 21.8 Å². The second kappa shape index (κ2) is 12.4. The maximum Gasteiger partial charge on any atom is 0.242 e. The molecule has 1 N–H and O–H groups in total. The van der Waals surface area contributed by atoms with Crippen molar-refractivity contribution < 1.29 is 22.7 Å². The van der Waals surface area contributed by atoms with Crippen molar-refractivity contribution in [3.8, 4) is 5.75 Å². The lowest BCUT2D eigenvalue weighted by molar-refractivity contribution is -0.141. The number of aryl methyl sites for hydroxylation is 2. The van der Waals surface area contributed by atoms with Gasteiger partial charge in [0.15, 0.2) is 0 Å². The smallest absolute Gasteiger partial charge is 0.242 e. The summed E-state index contributed by atoms with van der Waals surface area (Å²) in [4.78, 5) is 27.9. The van der Waals surface area contributed by atoms with E-state index >= 15 is 0 Å². The number of ether oxygens (including phenoxy) is 1. The van der Waals surface area contributed by atoms with Crippen molar-refractivity contribution in [3.63, 3.8) is 0 Å². The maximum atomic E-state index is 13.4. The van der Waals surface area contributed by atoms with E-state index in [1.54, 1.807) is 18.9 Å². The zero-order chi connectivity index (χ0) is 28.0. The van der Waals surface area contributed by atoms with Crippen LogP contribution in [0.25, 0.3) is 0 Å². The molecule has 0 saturated carbocycles. The molecule has 37 heavy (non-hydrogen) atoms. The second-order valence-corrected chi connectivity index (χ2v) is 12.5. The molecule has 1 atom stereocenters. The number of anilines is 1. The molecule has 8 nitrogen and oxygen atoms in total. The van der Waals surface area contributed by atoms with Crippen molar-refractivity contribution in [1.29, 1.82) is 0 Å². The fourth-order valence-corrected chi connectivity index (χ4v) is 5.03. The van der Waals surface area contributed by atoms with Crippen molar-refractivity contribution in [2.75, 3.05) is 24.2 Å². The lowest BCUT2D eigenvalue weighted by Crippen LogP contribution is -2.52. The summed E-state index contributed by atoms with van der Waals surface area (Å²) < 4.78 is 31.7. The number of sulfonamides is 1. The lowest BCUT2D eigenvalue weighted by Gasteiger charge is -2.32. The predicted molar refractivity (Wildman–Crippen MR) is 148 cm³/mol. The van der Waals surface area contributed by atoms with Crippen LogP contribution >= 0.6 is 0 Å². The first kappa shape index (κ1) is 30.2. The van der Waals surface area contributed by atoms with Gasteiger partial charge in [0.1, 0.15) is 11.8 Å². The highest BCUT2D eigenvalue weighted by molar-refractivity contribution is 7.92. The monoisotopic (exact) mass is 531 g/mol. The number of rotatable bonds is 11. The van der Waals surface area contributed by atoms with E-state index < -0.39 is 21.6 Å². The van der Waals surface area contributed by atoms with E-state index in [0.29, 0.717) is 17.9 Å². The summed E-state index contributed by atoms with van der Waals surface area (Å²) >= 11 is 0. The van der Waals surface area contributed by atoms with Gasteiger partial charge in [0.05, 0.1) is 19.1 Å². The number of nitrogens with zero attached hydrogens (tertiary/aromatic N) is 2. The molecule has 0 radical (unpaired) electrons. The first-order valence-corrected chi connectivity index (χ1v) is 14.3. The minimum atomic E-state index is -3.54.